The highest BCUT2D eigenvalue weighted by Gasteiger charge is 2.21. The Kier molecular flexibility index (Phi) is 23.8. The lowest BCUT2D eigenvalue weighted by Gasteiger charge is -2.33. The zero-order valence-corrected chi connectivity index (χ0v) is 38.9. The van der Waals surface area contributed by atoms with Gasteiger partial charge in [0.05, 0.1) is 26.1 Å². The number of hydrogen-bond acceptors (Lipinski definition) is 14. The average molecular weight is 923 g/mol. The number of carbonyl (C=O) groups excluding carboxylic acids is 2. The fourth-order valence-corrected chi connectivity index (χ4v) is 7.89. The van der Waals surface area contributed by atoms with Crippen molar-refractivity contribution in [3.63, 3.8) is 0 Å². The van der Waals surface area contributed by atoms with Gasteiger partial charge in [0.1, 0.15) is 0 Å². The molecule has 0 aliphatic carbocycles. The van der Waals surface area contributed by atoms with E-state index in [2.05, 4.69) is 45.3 Å². The van der Waals surface area contributed by atoms with Crippen LogP contribution >= 0.6 is 0 Å². The number of carboxylic acid groups (broad SMARTS) is 2. The van der Waals surface area contributed by atoms with Crippen molar-refractivity contribution in [3.8, 4) is 0 Å². The minimum absolute atomic E-state index is 0.0400. The number of aliphatic carboxylic acids is 2. The number of aromatic nitrogens is 4. The highest BCUT2D eigenvalue weighted by atomic mass is 16.4. The number of carboxylic acids is 2. The summed E-state index contributed by atoms with van der Waals surface area (Å²) in [5.41, 5.74) is 4.03. The largest absolute Gasteiger partial charge is 0.481 e. The molecule has 4 aromatic heterocycles. The lowest BCUT2D eigenvalue weighted by molar-refractivity contribution is -0.139. The fraction of sp³-hybridized carbons (Fsp3) is 0.510. The topological polar surface area (TPSA) is 204 Å². The van der Waals surface area contributed by atoms with Crippen molar-refractivity contribution in [1.82, 2.24) is 60.0 Å². The van der Waals surface area contributed by atoms with Crippen LogP contribution in [0.25, 0.3) is 0 Å². The Hall–Kier alpha value is -5.76. The number of pyridine rings is 4. The van der Waals surface area contributed by atoms with E-state index in [0.29, 0.717) is 85.1 Å². The molecule has 1 fully saturated rings. The number of hydrogen-bond donors (Lipinski definition) is 4. The van der Waals surface area contributed by atoms with Crippen LogP contribution in [0.3, 0.4) is 0 Å². The van der Waals surface area contributed by atoms with Crippen LogP contribution in [0.15, 0.2) is 97.6 Å². The van der Waals surface area contributed by atoms with Gasteiger partial charge in [-0.25, -0.2) is 0 Å². The van der Waals surface area contributed by atoms with E-state index in [1.165, 1.54) is 0 Å². The molecule has 1 aliphatic heterocycles. The molecular weight excluding hydrogens is 853 g/mol. The number of carbonyl (C=O) groups is 4. The predicted molar refractivity (Wildman–Crippen MR) is 256 cm³/mol. The first-order valence-corrected chi connectivity index (χ1v) is 23.6. The first-order chi connectivity index (χ1) is 32.7. The molecule has 18 nitrogen and oxygen atoms in total. The van der Waals surface area contributed by atoms with Crippen LogP contribution in [0.2, 0.25) is 0 Å². The molecule has 0 radical (unpaired) electrons. The summed E-state index contributed by atoms with van der Waals surface area (Å²) in [5, 5.41) is 25.6. The molecule has 5 rings (SSSR count). The van der Waals surface area contributed by atoms with E-state index < -0.39 is 11.9 Å². The van der Waals surface area contributed by atoms with E-state index >= 15 is 0 Å². The van der Waals surface area contributed by atoms with E-state index in [9.17, 15) is 29.4 Å². The van der Waals surface area contributed by atoms with Crippen molar-refractivity contribution in [3.05, 3.63) is 120 Å². The summed E-state index contributed by atoms with van der Waals surface area (Å²) in [6.07, 6.45) is 10.3. The molecule has 18 heteroatoms. The van der Waals surface area contributed by atoms with Gasteiger partial charge in [0.2, 0.25) is 11.8 Å². The molecule has 0 atom stereocenters. The normalized spacial score (nSPS) is 14.9. The van der Waals surface area contributed by atoms with Crippen molar-refractivity contribution >= 4 is 23.8 Å². The first-order valence-electron chi connectivity index (χ1n) is 23.6. The van der Waals surface area contributed by atoms with E-state index in [1.54, 1.807) is 24.8 Å². The standard InChI is InChI=1S/C49H70N12O6/c62-46(54-22-29-56(24-13-42-9-1-5-18-50-42)25-14-43-10-2-6-19-51-43)39-59-33-31-58(28-17-48(64)65)32-34-60(36-38-61(37-35-59)41-49(66)67)40-47(63)55-23-30-57(26-15-44-11-3-7-20-52-44)27-16-45-12-4-8-21-53-45/h1-12,18-21H,13-17,22-41H2,(H,54,62)(H,55,63)(H,64,65)(H,66,67). The van der Waals surface area contributed by atoms with E-state index in [4.69, 9.17) is 0 Å². The lowest BCUT2D eigenvalue weighted by atomic mass is 10.2. The Morgan fingerprint density at radius 3 is 1.07 bits per heavy atom. The van der Waals surface area contributed by atoms with Gasteiger partial charge < -0.3 is 35.5 Å². The molecule has 362 valence electrons. The van der Waals surface area contributed by atoms with Gasteiger partial charge in [-0.15, -0.1) is 0 Å². The SMILES string of the molecule is O=C(O)CCN1CCN(CC(=O)NCCN(CCc2ccccn2)CCc2ccccn2)CCN(CC(=O)O)CCN(CC(=O)NCCN(CCc2ccccn2)CCc2ccccn2)CC1. The van der Waals surface area contributed by atoms with Gasteiger partial charge >= 0.3 is 11.9 Å². The van der Waals surface area contributed by atoms with Gasteiger partial charge in [0.15, 0.2) is 0 Å². The number of amides is 2. The first kappa shape index (κ1) is 52.2. The number of nitrogens with zero attached hydrogens (tertiary/aromatic N) is 10. The van der Waals surface area contributed by atoms with Gasteiger partial charge in [0, 0.05) is 185 Å². The van der Waals surface area contributed by atoms with Crippen LogP contribution in [0.1, 0.15) is 29.2 Å². The highest BCUT2D eigenvalue weighted by Crippen LogP contribution is 2.06. The van der Waals surface area contributed by atoms with Crippen LogP contribution in [0.4, 0.5) is 0 Å². The lowest BCUT2D eigenvalue weighted by Crippen LogP contribution is -2.50. The molecule has 4 N–H and O–H groups in total. The van der Waals surface area contributed by atoms with Crippen LogP contribution in [0, 0.1) is 0 Å². The Morgan fingerprint density at radius 1 is 0.448 bits per heavy atom. The Bertz CT molecular complexity index is 1790. The average Bonchev–Trinajstić information content (AvgIpc) is 3.33. The van der Waals surface area contributed by atoms with E-state index in [1.807, 2.05) is 87.5 Å². The minimum atomic E-state index is -0.952. The van der Waals surface area contributed by atoms with E-state index in [-0.39, 0.29) is 37.9 Å². The monoisotopic (exact) mass is 923 g/mol. The Labute approximate surface area is 395 Å². The number of nitrogens with one attached hydrogen (secondary N) is 2. The minimum Gasteiger partial charge on any atom is -0.481 e. The van der Waals surface area contributed by atoms with Gasteiger partial charge in [-0.1, -0.05) is 24.3 Å². The molecule has 5 heterocycles. The third kappa shape index (κ3) is 22.5. The molecule has 0 unspecified atom stereocenters. The van der Waals surface area contributed by atoms with Crippen LogP contribution in [0.5, 0.6) is 0 Å². The summed E-state index contributed by atoms with van der Waals surface area (Å²) in [5.74, 6) is -2.12. The maximum Gasteiger partial charge on any atom is 0.317 e. The molecule has 67 heavy (non-hydrogen) atoms. The van der Waals surface area contributed by atoms with Gasteiger partial charge in [-0.05, 0) is 48.5 Å². The summed E-state index contributed by atoms with van der Waals surface area (Å²) in [6, 6.07) is 23.6. The predicted octanol–water partition coefficient (Wildman–Crippen LogP) is 1.15. The third-order valence-corrected chi connectivity index (χ3v) is 11.8. The maximum atomic E-state index is 13.5. The van der Waals surface area contributed by atoms with Gasteiger partial charge in [0.25, 0.3) is 0 Å². The quantitative estimate of drug-likeness (QED) is 0.0663. The molecule has 0 saturated carbocycles. The van der Waals surface area contributed by atoms with Crippen LogP contribution in [-0.4, -0.2) is 214 Å². The van der Waals surface area contributed by atoms with E-state index in [0.717, 1.165) is 74.6 Å². The van der Waals surface area contributed by atoms with Gasteiger partial charge in [-0.2, -0.15) is 0 Å². The van der Waals surface area contributed by atoms with Crippen molar-refractivity contribution in [2.45, 2.75) is 32.1 Å². The molecule has 1 saturated heterocycles. The Balaban J connectivity index is 1.14. The summed E-state index contributed by atoms with van der Waals surface area (Å²) >= 11 is 0. The molecule has 0 aromatic carbocycles. The molecule has 4 aromatic rings. The highest BCUT2D eigenvalue weighted by molar-refractivity contribution is 5.78. The van der Waals surface area contributed by atoms with Crippen LogP contribution < -0.4 is 10.6 Å². The maximum absolute atomic E-state index is 13.5. The second kappa shape index (κ2) is 30.5. The second-order valence-corrected chi connectivity index (χ2v) is 16.9. The molecule has 0 bridgehead atoms. The molecule has 0 spiro atoms. The summed E-state index contributed by atoms with van der Waals surface area (Å²) in [7, 11) is 0. The zero-order chi connectivity index (χ0) is 47.3. The fourth-order valence-electron chi connectivity index (χ4n) is 7.89. The van der Waals surface area contributed by atoms with Crippen molar-refractivity contribution in [2.75, 3.05) is 131 Å². The summed E-state index contributed by atoms with van der Waals surface area (Å²) < 4.78 is 0. The van der Waals surface area contributed by atoms with Gasteiger partial charge in [-0.3, -0.25) is 53.8 Å². The summed E-state index contributed by atoms with van der Waals surface area (Å²) in [6.45, 7) is 9.31. The smallest absolute Gasteiger partial charge is 0.317 e. The Morgan fingerprint density at radius 2 is 0.776 bits per heavy atom. The van der Waals surface area contributed by atoms with Crippen molar-refractivity contribution in [1.29, 1.82) is 0 Å². The zero-order valence-electron chi connectivity index (χ0n) is 38.9. The third-order valence-electron chi connectivity index (χ3n) is 11.8. The molecule has 2 amide bonds. The van der Waals surface area contributed by atoms with Crippen LogP contribution in [-0.2, 0) is 44.9 Å². The molecular formula is C49H70N12O6. The van der Waals surface area contributed by atoms with Crippen molar-refractivity contribution in [2.24, 2.45) is 0 Å². The van der Waals surface area contributed by atoms with Crippen molar-refractivity contribution < 1.29 is 29.4 Å². The second-order valence-electron chi connectivity index (χ2n) is 16.9. The molecule has 1 aliphatic rings. The number of rotatable bonds is 27. The summed E-state index contributed by atoms with van der Waals surface area (Å²) in [4.78, 5) is 81.1.